The number of ketones is 2. The molecule has 0 spiro atoms. The van der Waals surface area contributed by atoms with Crippen molar-refractivity contribution in [2.45, 2.75) is 0 Å². The lowest BCUT2D eigenvalue weighted by molar-refractivity contribution is 0.100. The van der Waals surface area contributed by atoms with Gasteiger partial charge in [-0.25, -0.2) is 0 Å². The monoisotopic (exact) mass is 329 g/mol. The molecule has 0 saturated carbocycles. The predicted molar refractivity (Wildman–Crippen MR) is 101 cm³/mol. The van der Waals surface area contributed by atoms with Crippen molar-refractivity contribution in [3.63, 3.8) is 0 Å². The second kappa shape index (κ2) is 7.14. The summed E-state index contributed by atoms with van der Waals surface area (Å²) in [5.41, 5.74) is 2.83. The third-order valence-corrected chi connectivity index (χ3v) is 4.08. The molecule has 0 aliphatic carbocycles. The van der Waals surface area contributed by atoms with E-state index in [0.717, 1.165) is 5.69 Å². The maximum atomic E-state index is 13.1. The van der Waals surface area contributed by atoms with Gasteiger partial charge in [-0.2, -0.15) is 0 Å². The Balaban J connectivity index is 2.08. The van der Waals surface area contributed by atoms with Crippen LogP contribution in [0.25, 0.3) is 0 Å². The maximum Gasteiger partial charge on any atom is 0.195 e. The first-order chi connectivity index (χ1) is 12.1. The molecule has 0 heterocycles. The van der Waals surface area contributed by atoms with Crippen molar-refractivity contribution < 1.29 is 9.59 Å². The average molecular weight is 329 g/mol. The smallest absolute Gasteiger partial charge is 0.195 e. The average Bonchev–Trinajstić information content (AvgIpc) is 2.67. The van der Waals surface area contributed by atoms with Crippen LogP contribution in [0.15, 0.2) is 78.9 Å². The number of para-hydroxylation sites is 1. The van der Waals surface area contributed by atoms with Gasteiger partial charge in [-0.3, -0.25) is 9.59 Å². The molecule has 124 valence electrons. The fourth-order valence-corrected chi connectivity index (χ4v) is 2.82. The first kappa shape index (κ1) is 16.7. The molecule has 0 N–H and O–H groups in total. The van der Waals surface area contributed by atoms with Gasteiger partial charge in [0.15, 0.2) is 11.6 Å². The number of carbonyl (C=O) groups is 2. The Bertz CT molecular complexity index is 914. The number of anilines is 1. The molecule has 3 rings (SSSR count). The second-order valence-corrected chi connectivity index (χ2v) is 5.98. The van der Waals surface area contributed by atoms with Gasteiger partial charge in [-0.15, -0.1) is 0 Å². The molecular weight excluding hydrogens is 310 g/mol. The summed E-state index contributed by atoms with van der Waals surface area (Å²) in [6, 6.07) is 23.4. The molecule has 3 aromatic rings. The topological polar surface area (TPSA) is 37.4 Å². The molecule has 0 radical (unpaired) electrons. The highest BCUT2D eigenvalue weighted by Crippen LogP contribution is 2.24. The first-order valence-electron chi connectivity index (χ1n) is 8.09. The second-order valence-electron chi connectivity index (χ2n) is 5.98. The molecule has 3 heteroatoms. The molecule has 0 aliphatic heterocycles. The zero-order valence-electron chi connectivity index (χ0n) is 14.3. The van der Waals surface area contributed by atoms with E-state index >= 15 is 0 Å². The maximum absolute atomic E-state index is 13.1. The number of nitrogens with zero attached hydrogens (tertiary/aromatic N) is 1. The van der Waals surface area contributed by atoms with Gasteiger partial charge in [0.25, 0.3) is 0 Å². The molecule has 3 nitrogen and oxygen atoms in total. The SMILES string of the molecule is CN(C)c1ccccc1C(=O)c1ccccc1C(=O)c1ccccc1. The zero-order chi connectivity index (χ0) is 17.8. The van der Waals surface area contributed by atoms with Crippen LogP contribution in [0.3, 0.4) is 0 Å². The summed E-state index contributed by atoms with van der Waals surface area (Å²) in [6.07, 6.45) is 0. The summed E-state index contributed by atoms with van der Waals surface area (Å²) in [5, 5.41) is 0. The number of hydrogen-bond acceptors (Lipinski definition) is 3. The molecule has 0 saturated heterocycles. The van der Waals surface area contributed by atoms with E-state index in [4.69, 9.17) is 0 Å². The van der Waals surface area contributed by atoms with Crippen molar-refractivity contribution in [3.8, 4) is 0 Å². The van der Waals surface area contributed by atoms with Crippen molar-refractivity contribution >= 4 is 17.3 Å². The summed E-state index contributed by atoms with van der Waals surface area (Å²) >= 11 is 0. The van der Waals surface area contributed by atoms with Crippen LogP contribution in [0, 0.1) is 0 Å². The summed E-state index contributed by atoms with van der Waals surface area (Å²) in [5.74, 6) is -0.295. The lowest BCUT2D eigenvalue weighted by atomic mass is 9.92. The molecule has 0 fully saturated rings. The van der Waals surface area contributed by atoms with E-state index in [-0.39, 0.29) is 11.6 Å². The van der Waals surface area contributed by atoms with Gasteiger partial charge in [0.1, 0.15) is 0 Å². The van der Waals surface area contributed by atoms with E-state index in [1.807, 2.05) is 55.4 Å². The standard InChI is InChI=1S/C22H19NO2/c1-23(2)20-15-9-8-14-19(20)22(25)18-13-7-6-12-17(18)21(24)16-10-4-3-5-11-16/h3-15H,1-2H3. The third-order valence-electron chi connectivity index (χ3n) is 4.08. The normalized spacial score (nSPS) is 10.3. The Labute approximate surface area is 147 Å². The minimum Gasteiger partial charge on any atom is -0.377 e. The van der Waals surface area contributed by atoms with E-state index in [1.165, 1.54) is 0 Å². The van der Waals surface area contributed by atoms with Gasteiger partial charge in [-0.1, -0.05) is 66.7 Å². The van der Waals surface area contributed by atoms with Crippen molar-refractivity contribution in [2.75, 3.05) is 19.0 Å². The van der Waals surface area contributed by atoms with Crippen molar-refractivity contribution in [2.24, 2.45) is 0 Å². The Morgan fingerprint density at radius 3 is 1.68 bits per heavy atom. The fourth-order valence-electron chi connectivity index (χ4n) is 2.82. The number of hydrogen-bond donors (Lipinski definition) is 0. The van der Waals surface area contributed by atoms with E-state index in [0.29, 0.717) is 22.3 Å². The van der Waals surface area contributed by atoms with Crippen LogP contribution >= 0.6 is 0 Å². The van der Waals surface area contributed by atoms with E-state index in [1.54, 1.807) is 42.5 Å². The van der Waals surface area contributed by atoms with Crippen LogP contribution < -0.4 is 4.90 Å². The van der Waals surface area contributed by atoms with Crippen LogP contribution in [0.1, 0.15) is 31.8 Å². The molecule has 0 amide bonds. The largest absolute Gasteiger partial charge is 0.377 e. The number of rotatable bonds is 5. The van der Waals surface area contributed by atoms with E-state index in [9.17, 15) is 9.59 Å². The lowest BCUT2D eigenvalue weighted by Gasteiger charge is -2.17. The predicted octanol–water partition coefficient (Wildman–Crippen LogP) is 4.21. The van der Waals surface area contributed by atoms with E-state index < -0.39 is 0 Å². The Hall–Kier alpha value is -3.20. The molecule has 0 aromatic heterocycles. The highest BCUT2D eigenvalue weighted by molar-refractivity contribution is 6.21. The van der Waals surface area contributed by atoms with Crippen LogP contribution in [-0.2, 0) is 0 Å². The first-order valence-corrected chi connectivity index (χ1v) is 8.09. The van der Waals surface area contributed by atoms with Gasteiger partial charge in [0.2, 0.25) is 0 Å². The Morgan fingerprint density at radius 2 is 1.08 bits per heavy atom. The summed E-state index contributed by atoms with van der Waals surface area (Å²) in [7, 11) is 3.79. The summed E-state index contributed by atoms with van der Waals surface area (Å²) in [4.78, 5) is 27.9. The van der Waals surface area contributed by atoms with Crippen molar-refractivity contribution in [1.82, 2.24) is 0 Å². The van der Waals surface area contributed by atoms with Crippen LogP contribution in [-0.4, -0.2) is 25.7 Å². The highest BCUT2D eigenvalue weighted by Gasteiger charge is 2.21. The van der Waals surface area contributed by atoms with Crippen LogP contribution in [0.4, 0.5) is 5.69 Å². The molecule has 0 unspecified atom stereocenters. The number of carbonyl (C=O) groups excluding carboxylic acids is 2. The minimum atomic E-state index is -0.149. The third kappa shape index (κ3) is 3.36. The van der Waals surface area contributed by atoms with Gasteiger partial charge in [-0.05, 0) is 12.1 Å². The molecule has 25 heavy (non-hydrogen) atoms. The quantitative estimate of drug-likeness (QED) is 0.658. The summed E-state index contributed by atoms with van der Waals surface area (Å²) < 4.78 is 0. The molecule has 0 bridgehead atoms. The Morgan fingerprint density at radius 1 is 0.600 bits per heavy atom. The van der Waals surface area contributed by atoms with Crippen molar-refractivity contribution in [1.29, 1.82) is 0 Å². The van der Waals surface area contributed by atoms with Crippen LogP contribution in [0.2, 0.25) is 0 Å². The minimum absolute atomic E-state index is 0.146. The lowest BCUT2D eigenvalue weighted by Crippen LogP contribution is -2.16. The molecule has 3 aromatic carbocycles. The van der Waals surface area contributed by atoms with Gasteiger partial charge in [0, 0.05) is 42.0 Å². The highest BCUT2D eigenvalue weighted by atomic mass is 16.1. The van der Waals surface area contributed by atoms with Gasteiger partial charge in [0.05, 0.1) is 0 Å². The van der Waals surface area contributed by atoms with Crippen LogP contribution in [0.5, 0.6) is 0 Å². The van der Waals surface area contributed by atoms with Crippen molar-refractivity contribution in [3.05, 3.63) is 101 Å². The Kier molecular flexibility index (Phi) is 4.75. The number of benzene rings is 3. The van der Waals surface area contributed by atoms with Gasteiger partial charge < -0.3 is 4.90 Å². The molecule has 0 atom stereocenters. The summed E-state index contributed by atoms with van der Waals surface area (Å²) in [6.45, 7) is 0. The fraction of sp³-hybridized carbons (Fsp3) is 0.0909. The molecule has 0 aliphatic rings. The molecular formula is C22H19NO2. The van der Waals surface area contributed by atoms with E-state index in [2.05, 4.69) is 0 Å². The van der Waals surface area contributed by atoms with Gasteiger partial charge >= 0.3 is 0 Å². The zero-order valence-corrected chi connectivity index (χ0v) is 14.3.